The number of benzene rings is 1. The second-order valence-corrected chi connectivity index (χ2v) is 9.42. The Balaban J connectivity index is 2.02. The lowest BCUT2D eigenvalue weighted by atomic mass is 9.68. The maximum Gasteiger partial charge on any atom is 0.338 e. The van der Waals surface area contributed by atoms with Gasteiger partial charge >= 0.3 is 5.97 Å². The normalized spacial score (nSPS) is 27.7. The summed E-state index contributed by atoms with van der Waals surface area (Å²) in [5.74, 6) is -0.372. The van der Waals surface area contributed by atoms with E-state index in [2.05, 4.69) is 25.9 Å². The molecule has 0 bridgehead atoms. The highest BCUT2D eigenvalue weighted by Crippen LogP contribution is 2.57. The van der Waals surface area contributed by atoms with Crippen LogP contribution >= 0.6 is 11.6 Å². The summed E-state index contributed by atoms with van der Waals surface area (Å²) in [5, 5.41) is 0.325. The fourth-order valence-corrected chi connectivity index (χ4v) is 4.91. The summed E-state index contributed by atoms with van der Waals surface area (Å²) in [6.07, 6.45) is 7.29. The Labute approximate surface area is 190 Å². The predicted molar refractivity (Wildman–Crippen MR) is 122 cm³/mol. The summed E-state index contributed by atoms with van der Waals surface area (Å²) in [6.45, 7) is 8.42. The lowest BCUT2D eigenvalue weighted by molar-refractivity contribution is -0.173. The van der Waals surface area contributed by atoms with Gasteiger partial charge in [-0.25, -0.2) is 4.79 Å². The van der Waals surface area contributed by atoms with Crippen molar-refractivity contribution in [2.75, 3.05) is 27.8 Å². The van der Waals surface area contributed by atoms with Crippen LogP contribution in [0.15, 0.2) is 6.26 Å². The van der Waals surface area contributed by atoms with Crippen molar-refractivity contribution in [2.45, 2.75) is 65.2 Å². The van der Waals surface area contributed by atoms with Gasteiger partial charge in [0, 0.05) is 29.5 Å². The number of hydrogen-bond donors (Lipinski definition) is 0. The fraction of sp³-hybridized carbons (Fsp3) is 0.625. The van der Waals surface area contributed by atoms with E-state index >= 15 is 0 Å². The third-order valence-corrected chi connectivity index (χ3v) is 7.37. The maximum atomic E-state index is 12.6. The minimum atomic E-state index is -0.878. The van der Waals surface area contributed by atoms with E-state index < -0.39 is 11.8 Å². The summed E-state index contributed by atoms with van der Waals surface area (Å²) < 4.78 is 23.3. The number of carbonyl (C=O) groups is 1. The molecule has 0 spiro atoms. The molecule has 0 aromatic heterocycles. The molecule has 0 saturated heterocycles. The molecule has 1 fully saturated rings. The van der Waals surface area contributed by atoms with E-state index in [-0.39, 0.29) is 5.41 Å². The van der Waals surface area contributed by atoms with Crippen LogP contribution in [-0.2, 0) is 9.47 Å². The van der Waals surface area contributed by atoms with Gasteiger partial charge in [0.15, 0.2) is 11.5 Å². The average Bonchev–Trinajstić information content (AvgIpc) is 3.12. The molecule has 172 valence electrons. The first-order valence-corrected chi connectivity index (χ1v) is 11.2. The molecule has 1 unspecified atom stereocenters. The monoisotopic (exact) mass is 451 g/mol. The molecule has 1 aromatic carbocycles. The minimum Gasteiger partial charge on any atom is -0.501 e. The van der Waals surface area contributed by atoms with E-state index in [1.165, 1.54) is 13.4 Å². The average molecular weight is 452 g/mol. The second kappa shape index (κ2) is 8.91. The molecule has 7 heteroatoms. The second-order valence-electron chi connectivity index (χ2n) is 9.04. The number of carbonyl (C=O) groups excluding carboxylic acids is 1. The topological polar surface area (TPSA) is 57.2 Å². The Hall–Kier alpha value is -1.92. The number of halogens is 1. The van der Waals surface area contributed by atoms with Crippen molar-refractivity contribution >= 4 is 23.6 Å². The number of methoxy groups -OCH3 is 1. The number of rotatable bonds is 6. The van der Waals surface area contributed by atoms with E-state index in [0.717, 1.165) is 25.7 Å². The zero-order chi connectivity index (χ0) is 23.0. The van der Waals surface area contributed by atoms with Crippen LogP contribution in [0, 0.1) is 12.3 Å². The number of nitrogens with zero attached hydrogens (tertiary/aromatic N) is 1. The molecule has 1 atom stereocenters. The Morgan fingerprint density at radius 2 is 1.84 bits per heavy atom. The summed E-state index contributed by atoms with van der Waals surface area (Å²) in [6, 6.07) is 0.562. The first-order valence-electron chi connectivity index (χ1n) is 10.9. The molecule has 1 saturated carbocycles. The maximum absolute atomic E-state index is 12.6. The van der Waals surface area contributed by atoms with Gasteiger partial charge < -0.3 is 23.8 Å². The highest BCUT2D eigenvalue weighted by atomic mass is 35.5. The van der Waals surface area contributed by atoms with Crippen molar-refractivity contribution in [3.05, 3.63) is 28.0 Å². The molecule has 1 aromatic rings. The minimum absolute atomic E-state index is 0.193. The summed E-state index contributed by atoms with van der Waals surface area (Å²) in [4.78, 5) is 14.9. The molecule has 3 rings (SSSR count). The Bertz CT molecular complexity index is 873. The number of ether oxygens (including phenoxy) is 4. The molecule has 0 N–H and O–H groups in total. The SMILES string of the molecule is CCO/C=C/c1c(Cl)c2c(c(C)c1C(=O)OC)OC(C)(C1(C)CCC(N(C)C)CC1)O2. The van der Waals surface area contributed by atoms with Crippen LogP contribution in [-0.4, -0.2) is 50.5 Å². The van der Waals surface area contributed by atoms with Gasteiger partial charge in [0.25, 0.3) is 5.79 Å². The van der Waals surface area contributed by atoms with Crippen molar-refractivity contribution in [1.29, 1.82) is 0 Å². The number of hydrogen-bond acceptors (Lipinski definition) is 6. The van der Waals surface area contributed by atoms with E-state index in [9.17, 15) is 4.79 Å². The van der Waals surface area contributed by atoms with Crippen molar-refractivity contribution in [3.8, 4) is 11.5 Å². The van der Waals surface area contributed by atoms with E-state index in [0.29, 0.717) is 45.9 Å². The molecule has 1 aliphatic carbocycles. The third kappa shape index (κ3) is 4.12. The van der Waals surface area contributed by atoms with Crippen LogP contribution in [0.2, 0.25) is 5.02 Å². The van der Waals surface area contributed by atoms with Gasteiger partial charge in [-0.15, -0.1) is 0 Å². The van der Waals surface area contributed by atoms with Gasteiger partial charge in [-0.05, 0) is 59.7 Å². The van der Waals surface area contributed by atoms with Crippen molar-refractivity contribution in [1.82, 2.24) is 4.90 Å². The van der Waals surface area contributed by atoms with Crippen molar-refractivity contribution in [2.24, 2.45) is 5.41 Å². The van der Waals surface area contributed by atoms with Gasteiger partial charge in [-0.3, -0.25) is 0 Å². The van der Waals surface area contributed by atoms with Gasteiger partial charge in [-0.2, -0.15) is 0 Å². The first-order chi connectivity index (χ1) is 14.6. The summed E-state index contributed by atoms with van der Waals surface area (Å²) in [7, 11) is 5.61. The fourth-order valence-electron chi connectivity index (χ4n) is 4.63. The lowest BCUT2D eigenvalue weighted by Crippen LogP contribution is -2.53. The van der Waals surface area contributed by atoms with Crippen LogP contribution in [0.3, 0.4) is 0 Å². The molecule has 0 radical (unpaired) electrons. The highest BCUT2D eigenvalue weighted by Gasteiger charge is 2.55. The predicted octanol–water partition coefficient (Wildman–Crippen LogP) is 5.44. The summed E-state index contributed by atoms with van der Waals surface area (Å²) in [5.41, 5.74) is 1.32. The largest absolute Gasteiger partial charge is 0.501 e. The van der Waals surface area contributed by atoms with Crippen LogP contribution in [0.5, 0.6) is 11.5 Å². The number of esters is 1. The van der Waals surface area contributed by atoms with Crippen LogP contribution < -0.4 is 9.47 Å². The Morgan fingerprint density at radius 1 is 1.23 bits per heavy atom. The van der Waals surface area contributed by atoms with E-state index in [1.54, 1.807) is 6.08 Å². The van der Waals surface area contributed by atoms with Crippen LogP contribution in [0.25, 0.3) is 6.08 Å². The van der Waals surface area contributed by atoms with Crippen LogP contribution in [0.4, 0.5) is 0 Å². The van der Waals surface area contributed by atoms with Crippen molar-refractivity contribution in [3.63, 3.8) is 0 Å². The number of fused-ring (bicyclic) bond motifs is 1. The van der Waals surface area contributed by atoms with Crippen molar-refractivity contribution < 1.29 is 23.7 Å². The summed E-state index contributed by atoms with van der Waals surface area (Å²) >= 11 is 6.76. The Kier molecular flexibility index (Phi) is 6.82. The smallest absolute Gasteiger partial charge is 0.338 e. The molecular formula is C24H34ClNO5. The van der Waals surface area contributed by atoms with Gasteiger partial charge in [0.1, 0.15) is 0 Å². The standard InChI is InChI=1S/C24H34ClNO5/c1-8-29-14-11-17-18(22(27)28-7)15(2)20-21(19(17)25)31-24(4,30-20)23(3)12-9-16(10-13-23)26(5)6/h11,14,16H,8-10,12-13H2,1-7H3/b14-11+. The zero-order valence-electron chi connectivity index (χ0n) is 19.6. The zero-order valence-corrected chi connectivity index (χ0v) is 20.4. The quantitative estimate of drug-likeness (QED) is 0.424. The Morgan fingerprint density at radius 3 is 2.39 bits per heavy atom. The first kappa shape index (κ1) is 23.7. The molecule has 31 heavy (non-hydrogen) atoms. The molecule has 1 heterocycles. The van der Waals surface area contributed by atoms with Crippen LogP contribution in [0.1, 0.15) is 67.9 Å². The van der Waals surface area contributed by atoms with E-state index in [4.69, 9.17) is 30.5 Å². The highest BCUT2D eigenvalue weighted by molar-refractivity contribution is 6.34. The molecule has 1 aliphatic heterocycles. The van der Waals surface area contributed by atoms with Gasteiger partial charge in [-0.1, -0.05) is 18.5 Å². The molecule has 0 amide bonds. The third-order valence-electron chi connectivity index (χ3n) is 6.99. The molecular weight excluding hydrogens is 418 g/mol. The van der Waals surface area contributed by atoms with E-state index in [1.807, 2.05) is 20.8 Å². The lowest BCUT2D eigenvalue weighted by Gasteiger charge is -2.46. The van der Waals surface area contributed by atoms with Gasteiger partial charge in [0.05, 0.1) is 30.6 Å². The molecule has 2 aliphatic rings. The molecule has 6 nitrogen and oxygen atoms in total. The van der Waals surface area contributed by atoms with Gasteiger partial charge in [0.2, 0.25) is 0 Å².